The smallest absolute Gasteiger partial charge is 0.270 e. The van der Waals surface area contributed by atoms with Gasteiger partial charge in [-0.25, -0.2) is 8.42 Å². The molecule has 1 amide bonds. The number of carbonyl (C=O) groups excluding carboxylic acids is 1. The minimum atomic E-state index is -4.08. The summed E-state index contributed by atoms with van der Waals surface area (Å²) in [5.41, 5.74) is 1.31. The molecule has 1 heterocycles. The minimum absolute atomic E-state index is 0.00689. The number of hydrogen-bond acceptors (Lipinski definition) is 6. The van der Waals surface area contributed by atoms with Crippen molar-refractivity contribution in [3.8, 4) is 11.5 Å². The Hall–Kier alpha value is -2.52. The van der Waals surface area contributed by atoms with Crippen LogP contribution in [0.25, 0.3) is 5.57 Å². The Bertz CT molecular complexity index is 876. The Morgan fingerprint density at radius 1 is 1.22 bits per heavy atom. The third kappa shape index (κ3) is 3.79. The highest BCUT2D eigenvalue weighted by Crippen LogP contribution is 2.44. The molecule has 0 unspecified atom stereocenters. The van der Waals surface area contributed by atoms with Gasteiger partial charge in [0.1, 0.15) is 0 Å². The second-order valence-corrected chi connectivity index (χ2v) is 7.55. The van der Waals surface area contributed by atoms with Crippen molar-refractivity contribution in [2.24, 2.45) is 0 Å². The number of benzene rings is 1. The van der Waals surface area contributed by atoms with E-state index in [2.05, 4.69) is 11.9 Å². The lowest BCUT2D eigenvalue weighted by Gasteiger charge is -2.32. The van der Waals surface area contributed by atoms with Crippen LogP contribution in [-0.2, 0) is 19.6 Å². The van der Waals surface area contributed by atoms with Crippen LogP contribution in [0.4, 0.5) is 5.69 Å². The molecule has 1 aliphatic heterocycles. The number of sulfonamides is 1. The van der Waals surface area contributed by atoms with Crippen LogP contribution in [0.5, 0.6) is 11.5 Å². The number of nitrogens with zero attached hydrogens (tertiary/aromatic N) is 1. The number of fused-ring (bicyclic) bond motifs is 1. The molecular weight excluding hydrogens is 372 g/mol. The third-order valence-corrected chi connectivity index (χ3v) is 6.09. The summed E-state index contributed by atoms with van der Waals surface area (Å²) in [6.45, 7) is 5.70. The Labute approximate surface area is 159 Å². The number of carbonyl (C=O) groups is 1. The van der Waals surface area contributed by atoms with Gasteiger partial charge in [-0.1, -0.05) is 6.08 Å². The van der Waals surface area contributed by atoms with Gasteiger partial charge in [0.25, 0.3) is 15.9 Å². The van der Waals surface area contributed by atoms with Crippen LogP contribution >= 0.6 is 0 Å². The van der Waals surface area contributed by atoms with Gasteiger partial charge < -0.3 is 19.5 Å². The van der Waals surface area contributed by atoms with Gasteiger partial charge in [0.15, 0.2) is 16.4 Å². The van der Waals surface area contributed by atoms with E-state index in [0.717, 1.165) is 4.31 Å². The number of ether oxygens (including phenoxy) is 3. The lowest BCUT2D eigenvalue weighted by molar-refractivity contribution is -0.117. The Morgan fingerprint density at radius 2 is 1.85 bits per heavy atom. The van der Waals surface area contributed by atoms with Crippen molar-refractivity contribution in [1.29, 1.82) is 0 Å². The zero-order chi connectivity index (χ0) is 20.2. The van der Waals surface area contributed by atoms with E-state index in [1.807, 2.05) is 0 Å². The first-order valence-corrected chi connectivity index (χ1v) is 9.65. The molecule has 1 aromatic rings. The first-order valence-electron chi connectivity index (χ1n) is 8.21. The summed E-state index contributed by atoms with van der Waals surface area (Å²) < 4.78 is 43.0. The Morgan fingerprint density at radius 3 is 2.41 bits per heavy atom. The number of allylic oxidation sites excluding steroid dienone is 1. The van der Waals surface area contributed by atoms with Crippen LogP contribution < -0.4 is 19.1 Å². The molecule has 1 N–H and O–H groups in total. The number of amides is 1. The van der Waals surface area contributed by atoms with Crippen molar-refractivity contribution in [2.75, 3.05) is 45.3 Å². The van der Waals surface area contributed by atoms with Gasteiger partial charge in [0, 0.05) is 25.3 Å². The summed E-state index contributed by atoms with van der Waals surface area (Å²) in [5, 5.41) is 2.57. The molecule has 0 bridgehead atoms. The molecule has 27 heavy (non-hydrogen) atoms. The molecular formula is C18H24N2O6S. The molecule has 2 rings (SSSR count). The molecule has 0 saturated heterocycles. The number of anilines is 1. The number of methoxy groups -OCH3 is 3. The van der Waals surface area contributed by atoms with Crippen LogP contribution in [0.15, 0.2) is 29.7 Å². The molecule has 148 valence electrons. The summed E-state index contributed by atoms with van der Waals surface area (Å²) >= 11 is 0. The minimum Gasteiger partial charge on any atom is -0.493 e. The van der Waals surface area contributed by atoms with E-state index in [0.29, 0.717) is 28.3 Å². The first kappa shape index (κ1) is 20.8. The maximum absolute atomic E-state index is 13.2. The van der Waals surface area contributed by atoms with Gasteiger partial charge in [-0.15, -0.1) is 6.58 Å². The molecule has 1 aliphatic rings. The first-order chi connectivity index (χ1) is 12.8. The standard InChI is InChI=1S/C18H24N2O6S/c1-6-8-20-14-11-16(26-5)15(25-4)10-13(14)12(2)17(27(20,22)23)18(21)19-7-9-24-3/h6,10-11H,1,7-9H2,2-5H3,(H,19,21). The fourth-order valence-electron chi connectivity index (χ4n) is 2.88. The van der Waals surface area contributed by atoms with Gasteiger partial charge in [-0.05, 0) is 18.6 Å². The number of rotatable bonds is 8. The van der Waals surface area contributed by atoms with Crippen molar-refractivity contribution in [1.82, 2.24) is 5.32 Å². The van der Waals surface area contributed by atoms with Gasteiger partial charge in [0.2, 0.25) is 0 Å². The van der Waals surface area contributed by atoms with E-state index in [1.54, 1.807) is 19.1 Å². The van der Waals surface area contributed by atoms with Crippen LogP contribution in [0, 0.1) is 0 Å². The topological polar surface area (TPSA) is 94.2 Å². The number of hydrogen-bond donors (Lipinski definition) is 1. The van der Waals surface area contributed by atoms with E-state index < -0.39 is 15.9 Å². The number of nitrogens with one attached hydrogen (secondary N) is 1. The van der Waals surface area contributed by atoms with Crippen molar-refractivity contribution in [3.63, 3.8) is 0 Å². The normalized spacial score (nSPS) is 15.2. The maximum Gasteiger partial charge on any atom is 0.270 e. The van der Waals surface area contributed by atoms with Gasteiger partial charge >= 0.3 is 0 Å². The molecule has 0 aliphatic carbocycles. The monoisotopic (exact) mass is 396 g/mol. The molecule has 1 aromatic carbocycles. The third-order valence-electron chi connectivity index (χ3n) is 4.16. The fourth-order valence-corrected chi connectivity index (χ4v) is 4.61. The molecule has 0 saturated carbocycles. The van der Waals surface area contributed by atoms with E-state index in [1.165, 1.54) is 27.4 Å². The predicted octanol–water partition coefficient (Wildman–Crippen LogP) is 1.53. The molecule has 0 aromatic heterocycles. The highest BCUT2D eigenvalue weighted by molar-refractivity contribution is 7.97. The lowest BCUT2D eigenvalue weighted by atomic mass is 10.0. The van der Waals surface area contributed by atoms with Crippen LogP contribution in [0.3, 0.4) is 0 Å². The average molecular weight is 396 g/mol. The van der Waals surface area contributed by atoms with Crippen LogP contribution in [0.2, 0.25) is 0 Å². The zero-order valence-corrected chi connectivity index (χ0v) is 16.7. The van der Waals surface area contributed by atoms with Crippen LogP contribution in [0.1, 0.15) is 12.5 Å². The predicted molar refractivity (Wildman–Crippen MR) is 103 cm³/mol. The molecule has 0 atom stereocenters. The molecule has 8 nitrogen and oxygen atoms in total. The Balaban J connectivity index is 2.70. The largest absolute Gasteiger partial charge is 0.493 e. The van der Waals surface area contributed by atoms with Gasteiger partial charge in [0.05, 0.1) is 33.1 Å². The maximum atomic E-state index is 13.2. The Kier molecular flexibility index (Phi) is 6.50. The highest BCUT2D eigenvalue weighted by Gasteiger charge is 2.39. The van der Waals surface area contributed by atoms with E-state index in [9.17, 15) is 13.2 Å². The highest BCUT2D eigenvalue weighted by atomic mass is 32.2. The quantitative estimate of drug-likeness (QED) is 0.529. The van der Waals surface area contributed by atoms with Crippen LogP contribution in [-0.4, -0.2) is 55.4 Å². The summed E-state index contributed by atoms with van der Waals surface area (Å²) in [7, 11) is 0.376. The summed E-state index contributed by atoms with van der Waals surface area (Å²) in [4.78, 5) is 12.3. The summed E-state index contributed by atoms with van der Waals surface area (Å²) in [6, 6.07) is 3.25. The van der Waals surface area contributed by atoms with E-state index in [4.69, 9.17) is 14.2 Å². The van der Waals surface area contributed by atoms with Gasteiger partial charge in [-0.3, -0.25) is 9.10 Å². The van der Waals surface area contributed by atoms with E-state index in [-0.39, 0.29) is 24.6 Å². The van der Waals surface area contributed by atoms with Crippen molar-refractivity contribution >= 4 is 27.2 Å². The zero-order valence-electron chi connectivity index (χ0n) is 15.9. The molecule has 0 spiro atoms. The summed E-state index contributed by atoms with van der Waals surface area (Å²) in [6.07, 6.45) is 1.46. The second-order valence-electron chi connectivity index (χ2n) is 5.75. The SMILES string of the molecule is C=CCN1c2cc(OC)c(OC)cc2C(C)=C(C(=O)NCCOC)S1(=O)=O. The summed E-state index contributed by atoms with van der Waals surface area (Å²) in [5.74, 6) is 0.146. The van der Waals surface area contributed by atoms with Crippen molar-refractivity contribution in [3.05, 3.63) is 35.3 Å². The second kappa shape index (κ2) is 8.45. The van der Waals surface area contributed by atoms with E-state index >= 15 is 0 Å². The van der Waals surface area contributed by atoms with Crippen molar-refractivity contribution < 1.29 is 27.4 Å². The average Bonchev–Trinajstić information content (AvgIpc) is 2.64. The van der Waals surface area contributed by atoms with Crippen molar-refractivity contribution in [2.45, 2.75) is 6.92 Å². The lowest BCUT2D eigenvalue weighted by Crippen LogP contribution is -2.41. The molecule has 0 radical (unpaired) electrons. The molecule has 0 fully saturated rings. The fraction of sp³-hybridized carbons (Fsp3) is 0.389. The van der Waals surface area contributed by atoms with Gasteiger partial charge in [-0.2, -0.15) is 0 Å². The molecule has 9 heteroatoms.